The van der Waals surface area contributed by atoms with Crippen molar-refractivity contribution in [3.05, 3.63) is 18.0 Å². The molecule has 1 aliphatic carbocycles. The Kier molecular flexibility index (Phi) is 12.3. The van der Waals surface area contributed by atoms with Gasteiger partial charge in [-0.2, -0.15) is 0 Å². The van der Waals surface area contributed by atoms with E-state index in [1.54, 1.807) is 34.6 Å². The van der Waals surface area contributed by atoms with Crippen LogP contribution in [0.2, 0.25) is 0 Å². The van der Waals surface area contributed by atoms with Gasteiger partial charge in [-0.3, -0.25) is 19.4 Å². The van der Waals surface area contributed by atoms with Crippen molar-refractivity contribution in [2.75, 3.05) is 11.1 Å². The van der Waals surface area contributed by atoms with Gasteiger partial charge in [0.15, 0.2) is 0 Å². The molecule has 1 aromatic rings. The molecule has 43 heavy (non-hydrogen) atoms. The molecule has 13 nitrogen and oxygen atoms in total. The largest absolute Gasteiger partial charge is 0.478 e. The number of pyridine rings is 1. The number of nitrogens with one attached hydrogen (secondary N) is 4. The molecule has 0 saturated heterocycles. The molecule has 1 aromatic heterocycles. The number of hydrogen-bond donors (Lipinski definition) is 6. The smallest absolute Gasteiger partial charge is 0.408 e. The number of aromatic nitrogens is 1. The molecule has 2 rings (SSSR count). The van der Waals surface area contributed by atoms with Gasteiger partial charge >= 0.3 is 12.1 Å². The lowest BCUT2D eigenvalue weighted by molar-refractivity contribution is -0.132. The maximum Gasteiger partial charge on any atom is 0.408 e. The zero-order chi connectivity index (χ0) is 32.5. The van der Waals surface area contributed by atoms with Crippen LogP contribution in [0.25, 0.3) is 0 Å². The normalized spacial score (nSPS) is 15.6. The van der Waals surface area contributed by atoms with Crippen molar-refractivity contribution in [3.8, 4) is 0 Å². The molecule has 1 saturated carbocycles. The molecule has 0 radical (unpaired) electrons. The molecule has 4 amide bonds. The highest BCUT2D eigenvalue weighted by atomic mass is 16.6. The maximum absolute atomic E-state index is 13.6. The van der Waals surface area contributed by atoms with Crippen LogP contribution in [0.1, 0.15) is 104 Å². The third-order valence-electron chi connectivity index (χ3n) is 6.97. The van der Waals surface area contributed by atoms with Gasteiger partial charge in [0, 0.05) is 18.2 Å². The first kappa shape index (κ1) is 35.3. The highest BCUT2D eigenvalue weighted by Crippen LogP contribution is 2.27. The summed E-state index contributed by atoms with van der Waals surface area (Å²) in [7, 11) is 0. The highest BCUT2D eigenvalue weighted by molar-refractivity contribution is 6.01. The van der Waals surface area contributed by atoms with Crippen LogP contribution in [-0.4, -0.2) is 63.1 Å². The van der Waals surface area contributed by atoms with Crippen molar-refractivity contribution in [1.29, 1.82) is 0 Å². The zero-order valence-electron chi connectivity index (χ0n) is 26.3. The average molecular weight is 605 g/mol. The monoisotopic (exact) mass is 604 g/mol. The van der Waals surface area contributed by atoms with E-state index in [-0.39, 0.29) is 35.2 Å². The number of ether oxygens (including phenoxy) is 1. The lowest BCUT2D eigenvalue weighted by Crippen LogP contribution is -2.59. The van der Waals surface area contributed by atoms with E-state index in [2.05, 4.69) is 26.3 Å². The molecule has 7 N–H and O–H groups in total. The Hall–Kier alpha value is -3.90. The van der Waals surface area contributed by atoms with Crippen molar-refractivity contribution >= 4 is 41.2 Å². The predicted molar refractivity (Wildman–Crippen MR) is 162 cm³/mol. The molecule has 0 aromatic carbocycles. The van der Waals surface area contributed by atoms with Crippen LogP contribution in [0.3, 0.4) is 0 Å². The summed E-state index contributed by atoms with van der Waals surface area (Å²) >= 11 is 0. The first-order valence-corrected chi connectivity index (χ1v) is 14.8. The van der Waals surface area contributed by atoms with Gasteiger partial charge in [0.1, 0.15) is 23.2 Å². The average Bonchev–Trinajstić information content (AvgIpc) is 2.86. The number of nitrogens with zero attached hydrogens (tertiary/aromatic N) is 1. The van der Waals surface area contributed by atoms with Gasteiger partial charge in [-0.25, -0.2) is 9.59 Å². The Bertz CT molecular complexity index is 1170. The first-order chi connectivity index (χ1) is 19.9. The van der Waals surface area contributed by atoms with E-state index < -0.39 is 53.0 Å². The number of carboxylic acid groups (broad SMARTS) is 1. The maximum atomic E-state index is 13.6. The molecular formula is C30H48N6O7. The number of carboxylic acids is 1. The van der Waals surface area contributed by atoms with E-state index in [0.717, 1.165) is 38.3 Å². The summed E-state index contributed by atoms with van der Waals surface area (Å²) in [5.74, 6) is -2.79. The fourth-order valence-corrected chi connectivity index (χ4v) is 5.07. The Morgan fingerprint density at radius 3 is 2.19 bits per heavy atom. The highest BCUT2D eigenvalue weighted by Gasteiger charge is 2.36. The third-order valence-corrected chi connectivity index (χ3v) is 6.97. The van der Waals surface area contributed by atoms with E-state index >= 15 is 0 Å². The van der Waals surface area contributed by atoms with Crippen molar-refractivity contribution < 1.29 is 33.8 Å². The van der Waals surface area contributed by atoms with E-state index in [9.17, 15) is 29.1 Å². The van der Waals surface area contributed by atoms with Crippen LogP contribution >= 0.6 is 0 Å². The van der Waals surface area contributed by atoms with E-state index in [0.29, 0.717) is 6.42 Å². The summed E-state index contributed by atoms with van der Waals surface area (Å²) in [6.45, 7) is 12.4. The van der Waals surface area contributed by atoms with Crippen LogP contribution in [0.4, 0.5) is 16.2 Å². The molecule has 0 aliphatic heterocycles. The van der Waals surface area contributed by atoms with Crippen molar-refractivity contribution in [2.45, 2.75) is 117 Å². The second-order valence-electron chi connectivity index (χ2n) is 13.3. The summed E-state index contributed by atoms with van der Waals surface area (Å²) < 4.78 is 5.41. The number of rotatable bonds is 12. The number of aromatic carboxylic acids is 1. The molecule has 0 spiro atoms. The summed E-state index contributed by atoms with van der Waals surface area (Å²) in [5, 5.41) is 20.2. The summed E-state index contributed by atoms with van der Waals surface area (Å²) in [4.78, 5) is 67.7. The Balaban J connectivity index is 2.14. The lowest BCUT2D eigenvalue weighted by Gasteiger charge is -2.33. The minimum atomic E-state index is -1.28. The second-order valence-corrected chi connectivity index (χ2v) is 13.3. The lowest BCUT2D eigenvalue weighted by atomic mass is 9.83. The molecule has 1 fully saturated rings. The topological polar surface area (TPSA) is 202 Å². The molecule has 0 bridgehead atoms. The van der Waals surface area contributed by atoms with Gasteiger partial charge in [0.25, 0.3) is 0 Å². The van der Waals surface area contributed by atoms with E-state index in [4.69, 9.17) is 10.5 Å². The molecule has 13 heteroatoms. The van der Waals surface area contributed by atoms with Gasteiger partial charge in [-0.1, -0.05) is 33.1 Å². The van der Waals surface area contributed by atoms with E-state index in [1.165, 1.54) is 6.20 Å². The summed E-state index contributed by atoms with van der Waals surface area (Å²) in [6.07, 6.45) is 6.27. The number of amides is 4. The molecule has 1 heterocycles. The first-order valence-electron chi connectivity index (χ1n) is 14.8. The van der Waals surface area contributed by atoms with Crippen molar-refractivity contribution in [3.63, 3.8) is 0 Å². The number of nitrogens with two attached hydrogens (primary N) is 1. The zero-order valence-corrected chi connectivity index (χ0v) is 26.3. The van der Waals surface area contributed by atoms with Gasteiger partial charge in [0.2, 0.25) is 17.7 Å². The minimum Gasteiger partial charge on any atom is -0.478 e. The quantitative estimate of drug-likeness (QED) is 0.206. The fraction of sp³-hybridized carbons (Fsp3) is 0.667. The van der Waals surface area contributed by atoms with Gasteiger partial charge in [-0.05, 0) is 65.7 Å². The number of carbonyl (C=O) groups excluding carboxylic acids is 4. The van der Waals surface area contributed by atoms with Gasteiger partial charge in [-0.15, -0.1) is 0 Å². The van der Waals surface area contributed by atoms with Crippen LogP contribution in [-0.2, 0) is 19.1 Å². The molecule has 0 unspecified atom stereocenters. The Morgan fingerprint density at radius 1 is 1.00 bits per heavy atom. The van der Waals surface area contributed by atoms with Gasteiger partial charge < -0.3 is 36.8 Å². The number of alkyl carbamates (subject to hydrolysis) is 1. The molecule has 240 valence electrons. The Morgan fingerprint density at radius 2 is 1.63 bits per heavy atom. The molecule has 2 atom stereocenters. The minimum absolute atomic E-state index is 0.0446. The number of carbonyl (C=O) groups is 5. The van der Waals surface area contributed by atoms with Crippen LogP contribution in [0, 0.1) is 11.8 Å². The number of hydrogen-bond acceptors (Lipinski definition) is 8. The van der Waals surface area contributed by atoms with E-state index in [1.807, 2.05) is 13.8 Å². The standard InChI is InChI=1S/C30H48N6O7/c1-17(2)13-20(34-26(39)24(18-11-9-8-10-12-18)35-28(42)43-29(3,4)5)25(38)36-30(6,7)14-22(37)33-21-16-32-15-19(23(21)31)27(40)41/h15-18,20,24H,8-14H2,1-7H3,(H2,31,32)(H,33,37)(H,34,39)(H,35,42)(H,36,38)(H,40,41)/t20-,24-/m0/s1. The molecule has 1 aliphatic rings. The SMILES string of the molecule is CC(C)C[C@H](NC(=O)[C@@H](NC(=O)OC(C)(C)C)C1CCCCC1)C(=O)NC(C)(C)CC(=O)Nc1cncc(C(=O)O)c1N. The van der Waals surface area contributed by atoms with Crippen LogP contribution in [0.5, 0.6) is 0 Å². The Labute approximate surface area is 253 Å². The third kappa shape index (κ3) is 11.7. The summed E-state index contributed by atoms with van der Waals surface area (Å²) in [6, 6.07) is -1.79. The second kappa shape index (κ2) is 15.0. The summed E-state index contributed by atoms with van der Waals surface area (Å²) in [5.41, 5.74) is 3.74. The fourth-order valence-electron chi connectivity index (χ4n) is 5.07. The van der Waals surface area contributed by atoms with Gasteiger partial charge in [0.05, 0.1) is 17.6 Å². The predicted octanol–water partition coefficient (Wildman–Crippen LogP) is 3.59. The molecular weight excluding hydrogens is 556 g/mol. The van der Waals surface area contributed by atoms with Crippen molar-refractivity contribution in [2.24, 2.45) is 11.8 Å². The van der Waals surface area contributed by atoms with Crippen LogP contribution in [0.15, 0.2) is 12.4 Å². The van der Waals surface area contributed by atoms with Crippen LogP contribution < -0.4 is 27.0 Å². The van der Waals surface area contributed by atoms with Crippen molar-refractivity contribution in [1.82, 2.24) is 20.9 Å². The number of nitrogen functional groups attached to an aromatic ring is 1. The number of anilines is 2.